The molecular weight excluding hydrogens is 411 g/mol. The third-order valence-electron chi connectivity index (χ3n) is 5.10. The van der Waals surface area contributed by atoms with Gasteiger partial charge in [0.1, 0.15) is 11.6 Å². The zero-order valence-electron chi connectivity index (χ0n) is 16.5. The highest BCUT2D eigenvalue weighted by molar-refractivity contribution is 5.49. The van der Waals surface area contributed by atoms with Gasteiger partial charge < -0.3 is 9.80 Å². The zero-order chi connectivity index (χ0) is 21.6. The van der Waals surface area contributed by atoms with Crippen LogP contribution in [0.5, 0.6) is 0 Å². The molecule has 9 nitrogen and oxygen atoms in total. The highest BCUT2D eigenvalue weighted by Crippen LogP contribution is 2.28. The summed E-state index contributed by atoms with van der Waals surface area (Å²) in [6, 6.07) is 8.92. The first-order valence-corrected chi connectivity index (χ1v) is 9.67. The summed E-state index contributed by atoms with van der Waals surface area (Å²) in [6.45, 7) is 4.46. The fraction of sp³-hybridized carbons (Fsp3) is 0.316. The van der Waals surface area contributed by atoms with Gasteiger partial charge in [0.05, 0.1) is 6.20 Å². The van der Waals surface area contributed by atoms with Crippen LogP contribution in [0.2, 0.25) is 0 Å². The van der Waals surface area contributed by atoms with E-state index < -0.39 is 12.0 Å². The average Bonchev–Trinajstić information content (AvgIpc) is 3.39. The Labute approximate surface area is 174 Å². The fourth-order valence-electron chi connectivity index (χ4n) is 3.54. The minimum Gasteiger partial charge on any atom is -0.353 e. The highest BCUT2D eigenvalue weighted by atomic mass is 19.4. The van der Waals surface area contributed by atoms with Crippen LogP contribution in [-0.4, -0.2) is 60.8 Å². The van der Waals surface area contributed by atoms with Crippen molar-refractivity contribution in [2.75, 3.05) is 36.0 Å². The maximum absolute atomic E-state index is 13.1. The monoisotopic (exact) mass is 429 g/mol. The van der Waals surface area contributed by atoms with Crippen molar-refractivity contribution < 1.29 is 13.2 Å². The van der Waals surface area contributed by atoms with E-state index in [0.717, 1.165) is 21.7 Å². The van der Waals surface area contributed by atoms with Gasteiger partial charge in [-0.1, -0.05) is 6.07 Å². The van der Waals surface area contributed by atoms with Gasteiger partial charge in [-0.15, -0.1) is 15.3 Å². The molecule has 1 fully saturated rings. The van der Waals surface area contributed by atoms with Crippen LogP contribution in [0, 0.1) is 6.92 Å². The van der Waals surface area contributed by atoms with E-state index in [9.17, 15) is 13.2 Å². The number of pyridine rings is 1. The molecule has 4 aromatic heterocycles. The second kappa shape index (κ2) is 7.22. The summed E-state index contributed by atoms with van der Waals surface area (Å²) < 4.78 is 41.8. The molecule has 1 aliphatic rings. The Balaban J connectivity index is 1.33. The molecule has 160 valence electrons. The maximum Gasteiger partial charge on any atom is 0.453 e. The molecule has 0 atom stereocenters. The standard InChI is InChI=1S/C19H18F3N9/c1-13-11-23-30(12-13)15-4-2-3-14(24-15)28-7-9-29(10-8-28)17-6-5-16-25-26-18(19(20,21)22)31(16)27-17/h2-6,11-12H,7-10H2,1H3. The summed E-state index contributed by atoms with van der Waals surface area (Å²) in [6.07, 6.45) is -0.934. The van der Waals surface area contributed by atoms with Crippen LogP contribution >= 0.6 is 0 Å². The number of piperazine rings is 1. The van der Waals surface area contributed by atoms with Crippen molar-refractivity contribution in [3.63, 3.8) is 0 Å². The first-order valence-electron chi connectivity index (χ1n) is 9.67. The van der Waals surface area contributed by atoms with Crippen LogP contribution in [0.15, 0.2) is 42.7 Å². The third kappa shape index (κ3) is 3.64. The number of hydrogen-bond acceptors (Lipinski definition) is 7. The Morgan fingerprint density at radius 1 is 0.871 bits per heavy atom. The number of anilines is 2. The molecule has 0 radical (unpaired) electrons. The molecule has 0 spiro atoms. The number of halogens is 3. The molecule has 1 saturated heterocycles. The quantitative estimate of drug-likeness (QED) is 0.495. The van der Waals surface area contributed by atoms with Gasteiger partial charge in [0, 0.05) is 32.4 Å². The third-order valence-corrected chi connectivity index (χ3v) is 5.10. The normalized spacial score (nSPS) is 15.1. The molecule has 0 bridgehead atoms. The predicted octanol–water partition coefficient (Wildman–Crippen LogP) is 2.36. The molecule has 0 amide bonds. The molecule has 0 N–H and O–H groups in total. The van der Waals surface area contributed by atoms with Gasteiger partial charge in [0.25, 0.3) is 5.82 Å². The summed E-state index contributed by atoms with van der Waals surface area (Å²) in [7, 11) is 0. The van der Waals surface area contributed by atoms with Crippen molar-refractivity contribution in [3.05, 3.63) is 54.1 Å². The summed E-state index contributed by atoms with van der Waals surface area (Å²) in [5.41, 5.74) is 1.11. The minimum atomic E-state index is -4.62. The number of rotatable bonds is 3. The van der Waals surface area contributed by atoms with Gasteiger partial charge in [0.2, 0.25) is 0 Å². The van der Waals surface area contributed by atoms with E-state index in [1.165, 1.54) is 6.07 Å². The summed E-state index contributed by atoms with van der Waals surface area (Å²) >= 11 is 0. The molecule has 0 aromatic carbocycles. The van der Waals surface area contributed by atoms with Crippen LogP contribution < -0.4 is 9.80 Å². The number of alkyl halides is 3. The fourth-order valence-corrected chi connectivity index (χ4v) is 3.54. The molecule has 4 aromatic rings. The Bertz CT molecular complexity index is 1220. The predicted molar refractivity (Wildman–Crippen MR) is 106 cm³/mol. The number of aromatic nitrogens is 7. The zero-order valence-corrected chi connectivity index (χ0v) is 16.5. The van der Waals surface area contributed by atoms with Gasteiger partial charge >= 0.3 is 6.18 Å². The lowest BCUT2D eigenvalue weighted by Gasteiger charge is -2.36. The molecule has 31 heavy (non-hydrogen) atoms. The summed E-state index contributed by atoms with van der Waals surface area (Å²) in [5.74, 6) is 0.878. The molecule has 5 rings (SSSR count). The van der Waals surface area contributed by atoms with E-state index in [2.05, 4.69) is 25.3 Å². The van der Waals surface area contributed by atoms with Crippen LogP contribution in [-0.2, 0) is 6.18 Å². The Morgan fingerprint density at radius 3 is 2.26 bits per heavy atom. The van der Waals surface area contributed by atoms with Crippen molar-refractivity contribution in [2.24, 2.45) is 0 Å². The number of aryl methyl sites for hydroxylation is 1. The van der Waals surface area contributed by atoms with Crippen molar-refractivity contribution in [3.8, 4) is 5.82 Å². The van der Waals surface area contributed by atoms with E-state index in [1.807, 2.05) is 36.2 Å². The Kier molecular flexibility index (Phi) is 4.49. The number of nitrogens with zero attached hydrogens (tertiary/aromatic N) is 9. The second-order valence-electron chi connectivity index (χ2n) is 7.27. The van der Waals surface area contributed by atoms with Crippen molar-refractivity contribution in [1.29, 1.82) is 0 Å². The van der Waals surface area contributed by atoms with E-state index >= 15 is 0 Å². The van der Waals surface area contributed by atoms with E-state index in [-0.39, 0.29) is 5.65 Å². The SMILES string of the molecule is Cc1cnn(-c2cccc(N3CCN(c4ccc5nnc(C(F)(F)F)n5n4)CC3)n2)c1. The first kappa shape index (κ1) is 19.3. The van der Waals surface area contributed by atoms with Crippen LogP contribution in [0.1, 0.15) is 11.4 Å². The lowest BCUT2D eigenvalue weighted by Crippen LogP contribution is -2.47. The molecule has 0 unspecified atom stereocenters. The van der Waals surface area contributed by atoms with Crippen LogP contribution in [0.4, 0.5) is 24.8 Å². The van der Waals surface area contributed by atoms with E-state index in [4.69, 9.17) is 4.98 Å². The largest absolute Gasteiger partial charge is 0.453 e. The molecule has 0 aliphatic carbocycles. The smallest absolute Gasteiger partial charge is 0.353 e. The number of hydrogen-bond donors (Lipinski definition) is 0. The molecule has 0 saturated carbocycles. The van der Waals surface area contributed by atoms with E-state index in [0.29, 0.717) is 32.0 Å². The summed E-state index contributed by atoms with van der Waals surface area (Å²) in [5, 5.41) is 15.2. The van der Waals surface area contributed by atoms with Crippen LogP contribution in [0.25, 0.3) is 11.5 Å². The van der Waals surface area contributed by atoms with Crippen molar-refractivity contribution >= 4 is 17.3 Å². The lowest BCUT2D eigenvalue weighted by atomic mass is 10.3. The first-order chi connectivity index (χ1) is 14.9. The minimum absolute atomic E-state index is 0.0598. The van der Waals surface area contributed by atoms with Crippen LogP contribution in [0.3, 0.4) is 0 Å². The second-order valence-corrected chi connectivity index (χ2v) is 7.27. The van der Waals surface area contributed by atoms with Gasteiger partial charge in [0.15, 0.2) is 11.5 Å². The van der Waals surface area contributed by atoms with Gasteiger partial charge in [-0.3, -0.25) is 0 Å². The van der Waals surface area contributed by atoms with E-state index in [1.54, 1.807) is 16.9 Å². The highest BCUT2D eigenvalue weighted by Gasteiger charge is 2.37. The maximum atomic E-state index is 13.1. The molecule has 5 heterocycles. The Hall–Kier alpha value is -3.70. The van der Waals surface area contributed by atoms with Gasteiger partial charge in [-0.25, -0.2) is 9.67 Å². The number of fused-ring (bicyclic) bond motifs is 1. The van der Waals surface area contributed by atoms with Crippen molar-refractivity contribution in [1.82, 2.24) is 34.6 Å². The lowest BCUT2D eigenvalue weighted by molar-refractivity contribution is -0.146. The topological polar surface area (TPSA) is 80.3 Å². The van der Waals surface area contributed by atoms with Crippen molar-refractivity contribution in [2.45, 2.75) is 13.1 Å². The molecular formula is C19H18F3N9. The van der Waals surface area contributed by atoms with Gasteiger partial charge in [-0.05, 0) is 36.8 Å². The molecule has 1 aliphatic heterocycles. The molecule has 12 heteroatoms. The van der Waals surface area contributed by atoms with Gasteiger partial charge in [-0.2, -0.15) is 22.8 Å². The average molecular weight is 429 g/mol. The summed E-state index contributed by atoms with van der Waals surface area (Å²) in [4.78, 5) is 8.77. The Morgan fingerprint density at radius 2 is 1.58 bits per heavy atom.